The van der Waals surface area contributed by atoms with Crippen LogP contribution in [0.4, 0.5) is 5.69 Å². The van der Waals surface area contributed by atoms with E-state index in [4.69, 9.17) is 21.6 Å². The summed E-state index contributed by atoms with van der Waals surface area (Å²) in [4.78, 5) is 10.5. The number of nitrogens with zero attached hydrogens (tertiary/aromatic N) is 2. The predicted octanol–water partition coefficient (Wildman–Crippen LogP) is 4.53. The standard InChI is InChI=1S/C15H11ClN2O3/c1-9-5-10(2)14(7-13(9)18(19)20)21-15-6-12(16)4-3-11(15)8-17/h3-7H,1-2H3. The summed E-state index contributed by atoms with van der Waals surface area (Å²) >= 11 is 5.89. The minimum absolute atomic E-state index is 0.0314. The van der Waals surface area contributed by atoms with E-state index < -0.39 is 4.92 Å². The molecule has 0 amide bonds. The van der Waals surface area contributed by atoms with Gasteiger partial charge < -0.3 is 4.74 Å². The Balaban J connectivity index is 2.50. The van der Waals surface area contributed by atoms with Gasteiger partial charge in [0.25, 0.3) is 5.69 Å². The van der Waals surface area contributed by atoms with Gasteiger partial charge in [0.05, 0.1) is 16.6 Å². The van der Waals surface area contributed by atoms with Crippen molar-refractivity contribution < 1.29 is 9.66 Å². The van der Waals surface area contributed by atoms with Crippen molar-refractivity contribution >= 4 is 17.3 Å². The van der Waals surface area contributed by atoms with Gasteiger partial charge in [0.2, 0.25) is 0 Å². The van der Waals surface area contributed by atoms with Crippen molar-refractivity contribution in [3.05, 3.63) is 62.2 Å². The highest BCUT2D eigenvalue weighted by atomic mass is 35.5. The molecule has 106 valence electrons. The van der Waals surface area contributed by atoms with Crippen LogP contribution in [0.15, 0.2) is 30.3 Å². The SMILES string of the molecule is Cc1cc(C)c([N+](=O)[O-])cc1Oc1cc(Cl)ccc1C#N. The summed E-state index contributed by atoms with van der Waals surface area (Å²) < 4.78 is 5.65. The lowest BCUT2D eigenvalue weighted by molar-refractivity contribution is -0.385. The molecule has 0 aromatic heterocycles. The fraction of sp³-hybridized carbons (Fsp3) is 0.133. The maximum absolute atomic E-state index is 11.0. The van der Waals surface area contributed by atoms with Crippen LogP contribution in [0.1, 0.15) is 16.7 Å². The van der Waals surface area contributed by atoms with Crippen LogP contribution in [-0.4, -0.2) is 4.92 Å². The van der Waals surface area contributed by atoms with Crippen LogP contribution in [0.5, 0.6) is 11.5 Å². The summed E-state index contributed by atoms with van der Waals surface area (Å²) in [6.45, 7) is 3.44. The van der Waals surface area contributed by atoms with Gasteiger partial charge in [-0.1, -0.05) is 11.6 Å². The van der Waals surface area contributed by atoms with E-state index in [0.29, 0.717) is 21.9 Å². The molecule has 5 nitrogen and oxygen atoms in total. The van der Waals surface area contributed by atoms with E-state index in [2.05, 4.69) is 0 Å². The van der Waals surface area contributed by atoms with Gasteiger partial charge in [0, 0.05) is 16.7 Å². The zero-order valence-corrected chi connectivity index (χ0v) is 12.1. The lowest BCUT2D eigenvalue weighted by Crippen LogP contribution is -1.96. The molecule has 0 saturated carbocycles. The Hall–Kier alpha value is -2.58. The second-order valence-electron chi connectivity index (χ2n) is 4.52. The zero-order valence-electron chi connectivity index (χ0n) is 11.4. The number of nitro benzene ring substituents is 1. The van der Waals surface area contributed by atoms with E-state index in [-0.39, 0.29) is 11.4 Å². The van der Waals surface area contributed by atoms with Gasteiger partial charge >= 0.3 is 0 Å². The highest BCUT2D eigenvalue weighted by Crippen LogP contribution is 2.33. The summed E-state index contributed by atoms with van der Waals surface area (Å²) in [5.41, 5.74) is 1.57. The number of hydrogen-bond donors (Lipinski definition) is 0. The first kappa shape index (κ1) is 14.8. The largest absolute Gasteiger partial charge is 0.455 e. The zero-order chi connectivity index (χ0) is 15.6. The molecular formula is C15H11ClN2O3. The van der Waals surface area contributed by atoms with Crippen LogP contribution in [0.25, 0.3) is 0 Å². The third-order valence-electron chi connectivity index (χ3n) is 2.97. The van der Waals surface area contributed by atoms with Gasteiger partial charge in [-0.05, 0) is 37.6 Å². The Kier molecular flexibility index (Phi) is 4.10. The first-order chi connectivity index (χ1) is 9.92. The summed E-state index contributed by atoms with van der Waals surface area (Å²) in [6, 6.07) is 9.64. The molecule has 0 spiro atoms. The van der Waals surface area contributed by atoms with Gasteiger partial charge in [-0.15, -0.1) is 0 Å². The normalized spacial score (nSPS) is 10.0. The molecule has 0 aliphatic heterocycles. The van der Waals surface area contributed by atoms with Crippen molar-refractivity contribution in [3.63, 3.8) is 0 Å². The quantitative estimate of drug-likeness (QED) is 0.616. The van der Waals surface area contributed by atoms with Crippen molar-refractivity contribution in [1.82, 2.24) is 0 Å². The van der Waals surface area contributed by atoms with Crippen molar-refractivity contribution in [1.29, 1.82) is 5.26 Å². The van der Waals surface area contributed by atoms with Gasteiger partial charge in [0.1, 0.15) is 17.6 Å². The number of benzene rings is 2. The lowest BCUT2D eigenvalue weighted by Gasteiger charge is -2.11. The van der Waals surface area contributed by atoms with Crippen LogP contribution in [0.3, 0.4) is 0 Å². The Bertz CT molecular complexity index is 766. The first-order valence-corrected chi connectivity index (χ1v) is 6.43. The smallest absolute Gasteiger partial charge is 0.276 e. The van der Waals surface area contributed by atoms with Gasteiger partial charge in [-0.25, -0.2) is 0 Å². The van der Waals surface area contributed by atoms with E-state index in [0.717, 1.165) is 5.56 Å². The summed E-state index contributed by atoms with van der Waals surface area (Å²) in [5, 5.41) is 20.5. The van der Waals surface area contributed by atoms with Crippen molar-refractivity contribution in [2.24, 2.45) is 0 Å². The number of aryl methyl sites for hydroxylation is 2. The van der Waals surface area contributed by atoms with Crippen molar-refractivity contribution in [2.75, 3.05) is 0 Å². The maximum Gasteiger partial charge on any atom is 0.276 e. The average Bonchev–Trinajstić information content (AvgIpc) is 2.41. The van der Waals surface area contributed by atoms with Crippen molar-refractivity contribution in [3.8, 4) is 17.6 Å². The summed E-state index contributed by atoms with van der Waals surface area (Å²) in [7, 11) is 0. The van der Waals surface area contributed by atoms with E-state index >= 15 is 0 Å². The highest BCUT2D eigenvalue weighted by molar-refractivity contribution is 6.30. The molecule has 0 N–H and O–H groups in total. The molecule has 0 saturated heterocycles. The van der Waals surface area contributed by atoms with Gasteiger partial charge in [0.15, 0.2) is 0 Å². The molecule has 0 atom stereocenters. The number of hydrogen-bond acceptors (Lipinski definition) is 4. The Labute approximate surface area is 126 Å². The molecule has 0 unspecified atom stereocenters. The fourth-order valence-corrected chi connectivity index (χ4v) is 2.08. The monoisotopic (exact) mass is 302 g/mol. The third-order valence-corrected chi connectivity index (χ3v) is 3.21. The molecule has 2 aromatic rings. The van der Waals surface area contributed by atoms with E-state index in [1.165, 1.54) is 18.2 Å². The van der Waals surface area contributed by atoms with E-state index in [1.807, 2.05) is 6.07 Å². The highest BCUT2D eigenvalue weighted by Gasteiger charge is 2.16. The molecule has 21 heavy (non-hydrogen) atoms. The topological polar surface area (TPSA) is 76.2 Å². The Morgan fingerprint density at radius 1 is 1.19 bits per heavy atom. The van der Waals surface area contributed by atoms with Crippen LogP contribution in [-0.2, 0) is 0 Å². The average molecular weight is 303 g/mol. The first-order valence-electron chi connectivity index (χ1n) is 6.05. The molecule has 0 fully saturated rings. The fourth-order valence-electron chi connectivity index (χ4n) is 1.92. The Morgan fingerprint density at radius 3 is 2.52 bits per heavy atom. The molecule has 2 rings (SSSR count). The van der Waals surface area contributed by atoms with Crippen LogP contribution in [0.2, 0.25) is 5.02 Å². The molecule has 0 aliphatic rings. The molecular weight excluding hydrogens is 292 g/mol. The molecule has 0 aliphatic carbocycles. The molecule has 0 heterocycles. The second kappa shape index (κ2) is 5.81. The predicted molar refractivity (Wildman–Crippen MR) is 78.8 cm³/mol. The van der Waals surface area contributed by atoms with E-state index in [9.17, 15) is 10.1 Å². The number of halogens is 1. The van der Waals surface area contributed by atoms with Crippen LogP contribution in [0, 0.1) is 35.3 Å². The van der Waals surface area contributed by atoms with Gasteiger partial charge in [-0.2, -0.15) is 5.26 Å². The third kappa shape index (κ3) is 3.12. The minimum atomic E-state index is -0.467. The molecule has 6 heteroatoms. The summed E-state index contributed by atoms with van der Waals surface area (Å²) in [5.74, 6) is 0.595. The second-order valence-corrected chi connectivity index (χ2v) is 4.95. The minimum Gasteiger partial charge on any atom is -0.455 e. The number of nitro groups is 1. The Morgan fingerprint density at radius 2 is 1.90 bits per heavy atom. The van der Waals surface area contributed by atoms with Crippen LogP contribution < -0.4 is 4.74 Å². The van der Waals surface area contributed by atoms with Gasteiger partial charge in [-0.3, -0.25) is 10.1 Å². The van der Waals surface area contributed by atoms with Crippen LogP contribution >= 0.6 is 11.6 Å². The number of ether oxygens (including phenoxy) is 1. The van der Waals surface area contributed by atoms with Crippen molar-refractivity contribution in [2.45, 2.75) is 13.8 Å². The number of nitriles is 1. The summed E-state index contributed by atoms with van der Waals surface area (Å²) in [6.07, 6.45) is 0. The lowest BCUT2D eigenvalue weighted by atomic mass is 10.1. The van der Waals surface area contributed by atoms with E-state index in [1.54, 1.807) is 26.0 Å². The molecule has 0 radical (unpaired) electrons. The maximum atomic E-state index is 11.0. The molecule has 2 aromatic carbocycles. The molecule has 0 bridgehead atoms. The number of rotatable bonds is 3.